The number of carbonyl (C=O) groups is 2. The third-order valence-electron chi connectivity index (χ3n) is 8.57. The van der Waals surface area contributed by atoms with Gasteiger partial charge in [0.2, 0.25) is 15.9 Å². The predicted molar refractivity (Wildman–Crippen MR) is 157 cm³/mol. The lowest BCUT2D eigenvalue weighted by Gasteiger charge is -2.43. The van der Waals surface area contributed by atoms with Crippen molar-refractivity contribution in [1.82, 2.24) is 14.5 Å². The summed E-state index contributed by atoms with van der Waals surface area (Å²) in [6.07, 6.45) is -0.0570. The highest BCUT2D eigenvalue weighted by atomic mass is 32.2. The molecule has 3 aliphatic heterocycles. The molecule has 44 heavy (non-hydrogen) atoms. The molecule has 3 amide bonds. The Morgan fingerprint density at radius 3 is 2.50 bits per heavy atom. The normalized spacial score (nSPS) is 23.1. The van der Waals surface area contributed by atoms with Gasteiger partial charge in [0, 0.05) is 55.3 Å². The van der Waals surface area contributed by atoms with E-state index >= 15 is 0 Å². The molecule has 0 unspecified atom stereocenters. The van der Waals surface area contributed by atoms with E-state index in [1.54, 1.807) is 17.0 Å². The van der Waals surface area contributed by atoms with Gasteiger partial charge in [-0.2, -0.15) is 4.31 Å². The summed E-state index contributed by atoms with van der Waals surface area (Å²) in [6.45, 7) is 0.397. The van der Waals surface area contributed by atoms with Crippen LogP contribution in [0.2, 0.25) is 0 Å². The summed E-state index contributed by atoms with van der Waals surface area (Å²) >= 11 is 0. The first-order valence-electron chi connectivity index (χ1n) is 14.4. The number of sulfonamides is 1. The van der Waals surface area contributed by atoms with Gasteiger partial charge in [0.25, 0.3) is 0 Å². The fourth-order valence-corrected chi connectivity index (χ4v) is 7.89. The Labute approximate surface area is 253 Å². The molecule has 0 aliphatic carbocycles. The van der Waals surface area contributed by atoms with Crippen LogP contribution in [0.5, 0.6) is 5.75 Å². The van der Waals surface area contributed by atoms with E-state index in [0.717, 1.165) is 16.4 Å². The van der Waals surface area contributed by atoms with Crippen LogP contribution in [0.25, 0.3) is 11.1 Å². The van der Waals surface area contributed by atoms with Crippen molar-refractivity contribution in [1.29, 1.82) is 0 Å². The largest absolute Gasteiger partial charge is 0.492 e. The van der Waals surface area contributed by atoms with Gasteiger partial charge < -0.3 is 25.4 Å². The smallest absolute Gasteiger partial charge is 0.321 e. The summed E-state index contributed by atoms with van der Waals surface area (Å²) in [5.41, 5.74) is 0.197. The Hall–Kier alpha value is -4.07. The van der Waals surface area contributed by atoms with Crippen molar-refractivity contribution in [2.24, 2.45) is 0 Å². The number of aliphatic hydroxyl groups excluding tert-OH is 1. The summed E-state index contributed by atoms with van der Waals surface area (Å²) in [4.78, 5) is 28.0. The molecule has 3 aliphatic rings. The molecule has 0 bridgehead atoms. The molecule has 13 heteroatoms. The van der Waals surface area contributed by atoms with Crippen molar-refractivity contribution in [3.63, 3.8) is 0 Å². The number of urea groups is 1. The molecule has 6 rings (SSSR count). The number of halogens is 2. The minimum atomic E-state index is -4.34. The van der Waals surface area contributed by atoms with Crippen molar-refractivity contribution >= 4 is 27.6 Å². The van der Waals surface area contributed by atoms with Gasteiger partial charge in [0.1, 0.15) is 28.3 Å². The van der Waals surface area contributed by atoms with Crippen LogP contribution in [0.3, 0.4) is 0 Å². The molecule has 0 saturated carbocycles. The zero-order valence-corrected chi connectivity index (χ0v) is 24.5. The number of hydrogen-bond donors (Lipinski definition) is 3. The molecule has 2 fully saturated rings. The number of likely N-dealkylation sites (tertiary alicyclic amines) is 1. The molecule has 1 spiro atoms. The minimum Gasteiger partial charge on any atom is -0.492 e. The topological polar surface area (TPSA) is 128 Å². The maximum Gasteiger partial charge on any atom is 0.321 e. The number of piperidine rings is 1. The number of anilines is 1. The van der Waals surface area contributed by atoms with Crippen LogP contribution in [0.15, 0.2) is 71.6 Å². The lowest BCUT2D eigenvalue weighted by molar-refractivity contribution is -0.127. The first kappa shape index (κ1) is 30.0. The highest BCUT2D eigenvalue weighted by molar-refractivity contribution is 7.89. The van der Waals surface area contributed by atoms with E-state index in [2.05, 4.69) is 10.6 Å². The number of carbonyl (C=O) groups excluding carboxylic acids is 2. The van der Waals surface area contributed by atoms with Crippen molar-refractivity contribution in [2.45, 2.75) is 48.3 Å². The Morgan fingerprint density at radius 2 is 1.77 bits per heavy atom. The summed E-state index contributed by atoms with van der Waals surface area (Å²) in [5.74, 6) is -2.13. The zero-order valence-electron chi connectivity index (χ0n) is 23.7. The van der Waals surface area contributed by atoms with E-state index in [-0.39, 0.29) is 47.4 Å². The average Bonchev–Trinajstić information content (AvgIpc) is 3.40. The van der Waals surface area contributed by atoms with Crippen LogP contribution in [0, 0.1) is 11.6 Å². The van der Waals surface area contributed by atoms with Gasteiger partial charge in [0.05, 0.1) is 12.7 Å². The number of hydrogen-bond acceptors (Lipinski definition) is 6. The number of benzene rings is 3. The summed E-state index contributed by atoms with van der Waals surface area (Å²) in [6, 6.07) is 14.8. The summed E-state index contributed by atoms with van der Waals surface area (Å²) in [5, 5.41) is 16.4. The van der Waals surface area contributed by atoms with Gasteiger partial charge in [-0.1, -0.05) is 24.3 Å². The number of nitrogens with one attached hydrogen (secondary N) is 2. The first-order valence-corrected chi connectivity index (χ1v) is 15.8. The van der Waals surface area contributed by atoms with Crippen molar-refractivity contribution in [3.8, 4) is 16.9 Å². The molecule has 2 atom stereocenters. The average molecular weight is 627 g/mol. The van der Waals surface area contributed by atoms with E-state index in [1.165, 1.54) is 24.3 Å². The quantitative estimate of drug-likeness (QED) is 0.398. The zero-order chi connectivity index (χ0) is 31.1. The molecule has 10 nitrogen and oxygen atoms in total. The molecule has 232 valence electrons. The van der Waals surface area contributed by atoms with Gasteiger partial charge in [-0.05, 0) is 54.8 Å². The number of ether oxygens (including phenoxy) is 1. The van der Waals surface area contributed by atoms with Crippen LogP contribution in [0.4, 0.5) is 19.3 Å². The van der Waals surface area contributed by atoms with E-state index in [0.29, 0.717) is 38.0 Å². The molecular formula is C31H32F2N4O6S. The second-order valence-corrected chi connectivity index (χ2v) is 13.3. The standard InChI is InChI=1S/C31H32F2N4O6S/c32-21-7-8-24(25(33)17-21)20-6-9-28-27(16-20)43-15-12-31(35-29(39)26-18-23(38)19-37(26)44(28,41)42)10-13-36(14-11-31)30(40)34-22-4-2-1-3-5-22/h1-9,16-17,23,26,38H,10-15,18-19H2,(H,34,40)(H,35,39)/t23-,26+/m1/s1. The molecular weight excluding hydrogens is 594 g/mol. The van der Waals surface area contributed by atoms with Crippen LogP contribution >= 0.6 is 0 Å². The Kier molecular flexibility index (Phi) is 8.03. The van der Waals surface area contributed by atoms with Crippen molar-refractivity contribution in [3.05, 3.63) is 78.4 Å². The lowest BCUT2D eigenvalue weighted by atomic mass is 9.84. The fourth-order valence-electron chi connectivity index (χ4n) is 6.14. The fraction of sp³-hybridized carbons (Fsp3) is 0.355. The first-order chi connectivity index (χ1) is 21.0. The Balaban J connectivity index is 1.30. The third kappa shape index (κ3) is 5.86. The molecule has 3 aromatic rings. The number of para-hydroxylation sites is 1. The third-order valence-corrected chi connectivity index (χ3v) is 10.5. The lowest BCUT2D eigenvalue weighted by Crippen LogP contribution is -2.60. The van der Waals surface area contributed by atoms with Crippen molar-refractivity contribution < 1.29 is 36.6 Å². The van der Waals surface area contributed by atoms with E-state index in [9.17, 15) is 31.9 Å². The second kappa shape index (κ2) is 11.8. The number of nitrogens with zero attached hydrogens (tertiary/aromatic N) is 2. The van der Waals surface area contributed by atoms with Crippen molar-refractivity contribution in [2.75, 3.05) is 31.6 Å². The molecule has 0 aromatic heterocycles. The van der Waals surface area contributed by atoms with E-state index in [4.69, 9.17) is 4.74 Å². The van der Waals surface area contributed by atoms with Crippen LogP contribution in [0.1, 0.15) is 25.7 Å². The summed E-state index contributed by atoms with van der Waals surface area (Å²) < 4.78 is 63.0. The van der Waals surface area contributed by atoms with E-state index < -0.39 is 45.2 Å². The van der Waals surface area contributed by atoms with Gasteiger partial charge >= 0.3 is 6.03 Å². The highest BCUT2D eigenvalue weighted by Crippen LogP contribution is 2.38. The molecule has 3 heterocycles. The SMILES string of the molecule is O=C1NC2(CCOc3cc(-c4ccc(F)cc4F)ccc3S(=O)(=O)N3C[C@H](O)C[C@@H]13)CCN(C(=O)Nc1ccccc1)CC2. The van der Waals surface area contributed by atoms with Crippen LogP contribution in [-0.2, 0) is 14.8 Å². The van der Waals surface area contributed by atoms with Crippen LogP contribution in [-0.4, -0.2) is 78.6 Å². The molecule has 3 N–H and O–H groups in total. The highest BCUT2D eigenvalue weighted by Gasteiger charge is 2.47. The minimum absolute atomic E-state index is 0.0155. The predicted octanol–water partition coefficient (Wildman–Crippen LogP) is 3.72. The number of fused-ring (bicyclic) bond motifs is 2. The number of rotatable bonds is 2. The monoisotopic (exact) mass is 626 g/mol. The molecule has 3 aromatic carbocycles. The second-order valence-electron chi connectivity index (χ2n) is 11.4. The molecule has 2 saturated heterocycles. The van der Waals surface area contributed by atoms with E-state index in [1.807, 2.05) is 18.2 Å². The number of aliphatic hydroxyl groups is 1. The molecule has 0 radical (unpaired) electrons. The Morgan fingerprint density at radius 1 is 1.02 bits per heavy atom. The van der Waals surface area contributed by atoms with Gasteiger partial charge in [0.15, 0.2) is 0 Å². The van der Waals surface area contributed by atoms with Gasteiger partial charge in [-0.15, -0.1) is 0 Å². The Bertz CT molecular complexity index is 1680. The van der Waals surface area contributed by atoms with Gasteiger partial charge in [-0.25, -0.2) is 22.0 Å². The maximum absolute atomic E-state index is 14.6. The maximum atomic E-state index is 14.6. The van der Waals surface area contributed by atoms with Crippen LogP contribution < -0.4 is 15.4 Å². The number of amides is 3. The van der Waals surface area contributed by atoms with Gasteiger partial charge in [-0.3, -0.25) is 4.79 Å². The summed E-state index contributed by atoms with van der Waals surface area (Å²) in [7, 11) is -4.34.